The van der Waals surface area contributed by atoms with Crippen molar-refractivity contribution < 1.29 is 42.1 Å². The lowest BCUT2D eigenvalue weighted by Gasteiger charge is -2.24. The molecule has 0 heterocycles. The van der Waals surface area contributed by atoms with Crippen LogP contribution in [0.15, 0.2) is 60.8 Å². The van der Waals surface area contributed by atoms with E-state index in [4.69, 9.17) is 18.5 Å². The molecular weight excluding hydrogens is 725 g/mol. The highest BCUT2D eigenvalue weighted by Gasteiger charge is 2.27. The van der Waals surface area contributed by atoms with E-state index in [-0.39, 0.29) is 26.1 Å². The minimum Gasteiger partial charge on any atom is -0.462 e. The molecule has 1 N–H and O–H groups in total. The minimum atomic E-state index is -4.38. The van der Waals surface area contributed by atoms with Crippen molar-refractivity contribution in [1.82, 2.24) is 0 Å². The van der Waals surface area contributed by atoms with Crippen LogP contribution in [-0.2, 0) is 32.7 Å². The van der Waals surface area contributed by atoms with Gasteiger partial charge in [-0.3, -0.25) is 18.6 Å². The zero-order valence-corrected chi connectivity index (χ0v) is 37.2. The summed E-state index contributed by atoms with van der Waals surface area (Å²) in [7, 11) is 1.44. The number of hydrogen-bond acceptors (Lipinski definition) is 7. The average Bonchev–Trinajstić information content (AvgIpc) is 3.15. The van der Waals surface area contributed by atoms with Gasteiger partial charge in [0.25, 0.3) is 0 Å². The van der Waals surface area contributed by atoms with Crippen LogP contribution >= 0.6 is 7.82 Å². The number of unbranched alkanes of at least 4 members (excludes halogenated alkanes) is 15. The average molecular weight is 809 g/mol. The number of rotatable bonds is 39. The van der Waals surface area contributed by atoms with E-state index in [1.54, 1.807) is 0 Å². The van der Waals surface area contributed by atoms with Crippen LogP contribution in [0.5, 0.6) is 0 Å². The van der Waals surface area contributed by atoms with Gasteiger partial charge in [-0.25, -0.2) is 4.57 Å². The summed E-state index contributed by atoms with van der Waals surface area (Å²) in [5, 5.41) is 0. The minimum absolute atomic E-state index is 0.0223. The molecule has 0 saturated carbocycles. The smallest absolute Gasteiger partial charge is 0.462 e. The third-order valence-electron chi connectivity index (χ3n) is 9.02. The van der Waals surface area contributed by atoms with E-state index in [1.165, 1.54) is 57.8 Å². The molecule has 0 aromatic carbocycles. The summed E-state index contributed by atoms with van der Waals surface area (Å²) in [6.45, 7) is 4.31. The van der Waals surface area contributed by atoms with Crippen LogP contribution in [0, 0.1) is 0 Å². The van der Waals surface area contributed by atoms with E-state index in [0.29, 0.717) is 23.9 Å². The van der Waals surface area contributed by atoms with Crippen molar-refractivity contribution in [3.8, 4) is 0 Å². The maximum absolute atomic E-state index is 12.7. The van der Waals surface area contributed by atoms with Crippen LogP contribution in [0.2, 0.25) is 0 Å². The Balaban J connectivity index is 4.43. The van der Waals surface area contributed by atoms with Crippen molar-refractivity contribution in [3.05, 3.63) is 60.8 Å². The number of ether oxygens (including phenoxy) is 2. The van der Waals surface area contributed by atoms with Crippen LogP contribution in [-0.4, -0.2) is 74.9 Å². The Morgan fingerprint density at radius 3 is 1.50 bits per heavy atom. The van der Waals surface area contributed by atoms with Gasteiger partial charge in [0.2, 0.25) is 0 Å². The van der Waals surface area contributed by atoms with Crippen molar-refractivity contribution in [2.45, 2.75) is 174 Å². The molecule has 0 spiro atoms. The molecule has 324 valence electrons. The molecule has 0 aromatic heterocycles. The third-order valence-corrected chi connectivity index (χ3v) is 10.0. The molecule has 0 saturated heterocycles. The molecule has 0 amide bonds. The molecule has 1 unspecified atom stereocenters. The fourth-order valence-corrected chi connectivity index (χ4v) is 6.26. The first-order chi connectivity index (χ1) is 27.0. The summed E-state index contributed by atoms with van der Waals surface area (Å²) in [6, 6.07) is 0. The number of phosphoric ester groups is 1. The van der Waals surface area contributed by atoms with E-state index in [0.717, 1.165) is 70.6 Å². The molecule has 0 bridgehead atoms. The Morgan fingerprint density at radius 1 is 0.554 bits per heavy atom. The molecule has 56 heavy (non-hydrogen) atoms. The molecule has 10 heteroatoms. The molecule has 9 nitrogen and oxygen atoms in total. The first kappa shape index (κ1) is 53.7. The number of quaternary nitrogens is 1. The first-order valence-electron chi connectivity index (χ1n) is 22.0. The zero-order chi connectivity index (χ0) is 41.4. The van der Waals surface area contributed by atoms with Gasteiger partial charge in [0.1, 0.15) is 19.8 Å². The van der Waals surface area contributed by atoms with Crippen molar-refractivity contribution in [1.29, 1.82) is 0 Å². The van der Waals surface area contributed by atoms with E-state index >= 15 is 0 Å². The fraction of sp³-hybridized carbons (Fsp3) is 0.739. The Morgan fingerprint density at radius 2 is 0.964 bits per heavy atom. The summed E-state index contributed by atoms with van der Waals surface area (Å²) in [5.41, 5.74) is 0. The van der Waals surface area contributed by atoms with Crippen molar-refractivity contribution in [2.24, 2.45) is 0 Å². The highest BCUT2D eigenvalue weighted by atomic mass is 31.2. The second-order valence-electron chi connectivity index (χ2n) is 15.7. The van der Waals surface area contributed by atoms with Crippen LogP contribution in [0.1, 0.15) is 168 Å². The van der Waals surface area contributed by atoms with Crippen LogP contribution in [0.4, 0.5) is 0 Å². The van der Waals surface area contributed by atoms with Gasteiger partial charge < -0.3 is 18.9 Å². The molecule has 0 aliphatic carbocycles. The normalized spacial score (nSPS) is 14.2. The van der Waals surface area contributed by atoms with Crippen molar-refractivity contribution >= 4 is 19.8 Å². The van der Waals surface area contributed by atoms with E-state index in [1.807, 2.05) is 21.1 Å². The SMILES string of the molecule is CCCCC/C=C/C/C=C/C/C=C/C/C=C/CCCCCC(=O)OC[C@@H](COP(=O)(O)OCC[N+](C)(C)C)OC(=O)CCCCCCC/C=C/CCCCCC. The largest absolute Gasteiger partial charge is 0.472 e. The number of esters is 2. The monoisotopic (exact) mass is 809 g/mol. The molecule has 0 rings (SSSR count). The summed E-state index contributed by atoms with van der Waals surface area (Å²) in [6.07, 6.45) is 45.5. The Hall–Kier alpha value is -2.29. The van der Waals surface area contributed by atoms with Crippen molar-refractivity contribution in [3.63, 3.8) is 0 Å². The summed E-state index contributed by atoms with van der Waals surface area (Å²) >= 11 is 0. The number of carbonyl (C=O) groups is 2. The van der Waals surface area contributed by atoms with Crippen LogP contribution in [0.3, 0.4) is 0 Å². The van der Waals surface area contributed by atoms with Gasteiger partial charge in [0, 0.05) is 12.8 Å². The number of hydrogen-bond donors (Lipinski definition) is 1. The third kappa shape index (κ3) is 41.3. The molecule has 0 fully saturated rings. The first-order valence-corrected chi connectivity index (χ1v) is 23.5. The highest BCUT2D eigenvalue weighted by Crippen LogP contribution is 2.43. The van der Waals surface area contributed by atoms with Gasteiger partial charge in [-0.2, -0.15) is 0 Å². The molecule has 2 atom stereocenters. The number of phosphoric acid groups is 1. The second-order valence-corrected chi connectivity index (χ2v) is 17.2. The summed E-state index contributed by atoms with van der Waals surface area (Å²) in [4.78, 5) is 35.3. The lowest BCUT2D eigenvalue weighted by atomic mass is 10.1. The van der Waals surface area contributed by atoms with E-state index in [9.17, 15) is 19.0 Å². The molecule has 0 aliphatic heterocycles. The number of nitrogens with zero attached hydrogens (tertiary/aromatic N) is 1. The zero-order valence-electron chi connectivity index (χ0n) is 36.3. The lowest BCUT2D eigenvalue weighted by molar-refractivity contribution is -0.870. The summed E-state index contributed by atoms with van der Waals surface area (Å²) < 4.78 is 34.2. The van der Waals surface area contributed by atoms with Gasteiger partial charge in [-0.15, -0.1) is 0 Å². The second kappa shape index (κ2) is 38.2. The molecule has 0 radical (unpaired) electrons. The molecular formula is C46H83NO8P+. The predicted molar refractivity (Wildman–Crippen MR) is 233 cm³/mol. The number of carbonyl (C=O) groups excluding carboxylic acids is 2. The van der Waals surface area contributed by atoms with E-state index < -0.39 is 32.5 Å². The number of allylic oxidation sites excluding steroid dienone is 10. The maximum Gasteiger partial charge on any atom is 0.472 e. The Bertz CT molecular complexity index is 1140. The quantitative estimate of drug-likeness (QED) is 0.0215. The molecule has 0 aromatic rings. The van der Waals surface area contributed by atoms with Crippen molar-refractivity contribution in [2.75, 3.05) is 47.5 Å². The van der Waals surface area contributed by atoms with Gasteiger partial charge in [0.15, 0.2) is 6.10 Å². The van der Waals surface area contributed by atoms with Gasteiger partial charge in [0.05, 0.1) is 27.7 Å². The van der Waals surface area contributed by atoms with Crippen LogP contribution < -0.4 is 0 Å². The fourth-order valence-electron chi connectivity index (χ4n) is 5.52. The van der Waals surface area contributed by atoms with Gasteiger partial charge in [-0.05, 0) is 83.5 Å². The number of likely N-dealkylation sites (N-methyl/N-ethyl adjacent to an activating group) is 1. The topological polar surface area (TPSA) is 108 Å². The molecule has 0 aliphatic rings. The van der Waals surface area contributed by atoms with Crippen LogP contribution in [0.25, 0.3) is 0 Å². The maximum atomic E-state index is 12.7. The Labute approximate surface area is 343 Å². The lowest BCUT2D eigenvalue weighted by Crippen LogP contribution is -2.37. The predicted octanol–water partition coefficient (Wildman–Crippen LogP) is 12.5. The Kier molecular flexibility index (Phi) is 36.7. The van der Waals surface area contributed by atoms with Gasteiger partial charge >= 0.3 is 19.8 Å². The van der Waals surface area contributed by atoms with E-state index in [2.05, 4.69) is 74.6 Å². The summed E-state index contributed by atoms with van der Waals surface area (Å²) in [5.74, 6) is -0.849. The van der Waals surface area contributed by atoms with Gasteiger partial charge in [-0.1, -0.05) is 132 Å². The highest BCUT2D eigenvalue weighted by molar-refractivity contribution is 7.47. The standard InChI is InChI=1S/C46H82NO8P/c1-6-8-10-12-14-16-18-20-21-22-23-24-25-27-28-30-32-34-36-38-45(48)52-42-44(43-54-56(50,51)53-41-40-47(3,4)5)55-46(49)39-37-35-33-31-29-26-19-17-15-13-11-9-7-2/h14,16-17,19-21,23-24,27-28,44H,6-13,15,18,22,25-26,29-43H2,1-5H3/p+1/b16-14+,19-17+,21-20+,24-23+,28-27+/t44-/m0/s1.